The number of nitrogens with one attached hydrogen (secondary N) is 1. The Bertz CT molecular complexity index is 398. The first kappa shape index (κ1) is 10.7. The van der Waals surface area contributed by atoms with E-state index in [1.54, 1.807) is 0 Å². The maximum Gasteiger partial charge on any atom is 0.265 e. The fourth-order valence-corrected chi connectivity index (χ4v) is 2.53. The van der Waals surface area contributed by atoms with Gasteiger partial charge in [-0.05, 0) is 12.1 Å². The van der Waals surface area contributed by atoms with Crippen LogP contribution in [0.25, 0.3) is 0 Å². The fourth-order valence-electron chi connectivity index (χ4n) is 0.785. The fraction of sp³-hybridized carbons (Fsp3) is 0. The Morgan fingerprint density at radius 1 is 1.23 bits per heavy atom. The molecule has 4 nitrogen and oxygen atoms in total. The largest absolute Gasteiger partial charge is 0.302 e. The zero-order valence-electron chi connectivity index (χ0n) is 6.16. The average molecular weight is 242 g/mol. The van der Waals surface area contributed by atoms with Gasteiger partial charge in [-0.2, -0.15) is 0 Å². The van der Waals surface area contributed by atoms with E-state index >= 15 is 0 Å². The maximum atomic E-state index is 11.1. The summed E-state index contributed by atoms with van der Waals surface area (Å²) in [7, 11) is -4.02. The third kappa shape index (κ3) is 2.12. The van der Waals surface area contributed by atoms with Gasteiger partial charge < -0.3 is 5.21 Å². The second-order valence-electron chi connectivity index (χ2n) is 2.15. The van der Waals surface area contributed by atoms with E-state index in [4.69, 9.17) is 28.4 Å². The second kappa shape index (κ2) is 3.81. The maximum absolute atomic E-state index is 11.1. The summed E-state index contributed by atoms with van der Waals surface area (Å²) in [6.45, 7) is 0. The van der Waals surface area contributed by atoms with E-state index in [0.717, 1.165) is 4.89 Å². The van der Waals surface area contributed by atoms with Crippen LogP contribution in [0.5, 0.6) is 0 Å². The summed E-state index contributed by atoms with van der Waals surface area (Å²) in [4.78, 5) is 0.810. The van der Waals surface area contributed by atoms with Gasteiger partial charge in [-0.25, -0.2) is 8.42 Å². The predicted molar refractivity (Wildman–Crippen MR) is 48.6 cm³/mol. The lowest BCUT2D eigenvalue weighted by atomic mass is 10.4. The van der Waals surface area contributed by atoms with Crippen LogP contribution in [0, 0.1) is 0 Å². The van der Waals surface area contributed by atoms with Gasteiger partial charge in [0.25, 0.3) is 10.0 Å². The van der Waals surface area contributed by atoms with Gasteiger partial charge in [0.15, 0.2) is 0 Å². The van der Waals surface area contributed by atoms with E-state index < -0.39 is 10.0 Å². The average Bonchev–Trinajstić information content (AvgIpc) is 2.03. The topological polar surface area (TPSA) is 66.4 Å². The predicted octanol–water partition coefficient (Wildman–Crippen LogP) is 1.66. The molecule has 0 amide bonds. The molecule has 1 rings (SSSR count). The van der Waals surface area contributed by atoms with E-state index in [-0.39, 0.29) is 14.9 Å². The molecule has 0 aliphatic heterocycles. The molecular weight excluding hydrogens is 237 g/mol. The van der Waals surface area contributed by atoms with E-state index in [1.807, 2.05) is 0 Å². The molecule has 0 aliphatic carbocycles. The minimum absolute atomic E-state index is 0.0472. The van der Waals surface area contributed by atoms with Gasteiger partial charge in [-0.15, -0.1) is 0 Å². The molecule has 0 bridgehead atoms. The Hall–Kier alpha value is -0.330. The molecule has 0 fully saturated rings. The van der Waals surface area contributed by atoms with Gasteiger partial charge >= 0.3 is 0 Å². The molecule has 1 aromatic carbocycles. The van der Waals surface area contributed by atoms with Crippen LogP contribution in [0.3, 0.4) is 0 Å². The first-order chi connectivity index (χ1) is 5.99. The molecule has 0 radical (unpaired) electrons. The zero-order valence-corrected chi connectivity index (χ0v) is 8.49. The molecule has 0 aromatic heterocycles. The van der Waals surface area contributed by atoms with Crippen molar-refractivity contribution in [2.45, 2.75) is 4.90 Å². The summed E-state index contributed by atoms with van der Waals surface area (Å²) in [5.74, 6) is 0. The molecule has 0 atom stereocenters. The van der Waals surface area contributed by atoms with Gasteiger partial charge in [0.05, 0.1) is 10.0 Å². The van der Waals surface area contributed by atoms with Crippen LogP contribution in [-0.4, -0.2) is 13.6 Å². The molecule has 7 heteroatoms. The SMILES string of the molecule is O=S(=O)(NO)c1c(Cl)cccc1Cl. The van der Waals surface area contributed by atoms with Crippen molar-refractivity contribution >= 4 is 33.2 Å². The highest BCUT2D eigenvalue weighted by molar-refractivity contribution is 7.89. The summed E-state index contributed by atoms with van der Waals surface area (Å²) >= 11 is 11.2. The van der Waals surface area contributed by atoms with Crippen molar-refractivity contribution in [1.29, 1.82) is 0 Å². The molecular formula is C6H5Cl2NO3S. The number of halogens is 2. The lowest BCUT2D eigenvalue weighted by molar-refractivity contribution is 0.242. The van der Waals surface area contributed by atoms with Crippen molar-refractivity contribution < 1.29 is 13.6 Å². The standard InChI is InChI=1S/C6H5Cl2NO3S/c7-4-2-1-3-5(8)6(4)13(11,12)9-10/h1-3,9-10H. The molecule has 0 saturated carbocycles. The van der Waals surface area contributed by atoms with Gasteiger partial charge in [0.2, 0.25) is 0 Å². The van der Waals surface area contributed by atoms with Crippen LogP contribution >= 0.6 is 23.2 Å². The Kier molecular flexibility index (Phi) is 3.15. The number of rotatable bonds is 2. The Morgan fingerprint density at radius 3 is 2.08 bits per heavy atom. The summed E-state index contributed by atoms with van der Waals surface area (Å²) < 4.78 is 22.2. The number of hydrogen-bond donors (Lipinski definition) is 2. The van der Waals surface area contributed by atoms with Crippen LogP contribution in [0.1, 0.15) is 0 Å². The van der Waals surface area contributed by atoms with Crippen LogP contribution in [0.15, 0.2) is 23.1 Å². The van der Waals surface area contributed by atoms with Gasteiger partial charge in [0.1, 0.15) is 4.90 Å². The van der Waals surface area contributed by atoms with Crippen LogP contribution in [0.4, 0.5) is 0 Å². The minimum Gasteiger partial charge on any atom is -0.302 e. The van der Waals surface area contributed by atoms with Gasteiger partial charge in [-0.1, -0.05) is 34.2 Å². The summed E-state index contributed by atoms with van der Waals surface area (Å²) in [6, 6.07) is 4.22. The molecule has 0 unspecified atom stereocenters. The highest BCUT2D eigenvalue weighted by Gasteiger charge is 2.20. The van der Waals surface area contributed by atoms with Gasteiger partial charge in [-0.3, -0.25) is 0 Å². The number of hydrogen-bond acceptors (Lipinski definition) is 3. The van der Waals surface area contributed by atoms with Crippen molar-refractivity contribution in [2.24, 2.45) is 0 Å². The van der Waals surface area contributed by atoms with Crippen molar-refractivity contribution in [3.8, 4) is 0 Å². The molecule has 0 aliphatic rings. The highest BCUT2D eigenvalue weighted by atomic mass is 35.5. The normalized spacial score (nSPS) is 11.6. The Balaban J connectivity index is 3.46. The van der Waals surface area contributed by atoms with E-state index in [2.05, 4.69) is 0 Å². The zero-order chi connectivity index (χ0) is 10.1. The van der Waals surface area contributed by atoms with E-state index in [0.29, 0.717) is 0 Å². The van der Waals surface area contributed by atoms with Crippen molar-refractivity contribution in [3.05, 3.63) is 28.2 Å². The molecule has 72 valence electrons. The van der Waals surface area contributed by atoms with Crippen molar-refractivity contribution in [1.82, 2.24) is 4.89 Å². The molecule has 0 saturated heterocycles. The first-order valence-electron chi connectivity index (χ1n) is 3.09. The quantitative estimate of drug-likeness (QED) is 0.775. The molecule has 13 heavy (non-hydrogen) atoms. The summed E-state index contributed by atoms with van der Waals surface area (Å²) in [6.07, 6.45) is 0. The molecule has 0 heterocycles. The molecule has 1 aromatic rings. The number of benzene rings is 1. The Labute approximate surface area is 85.1 Å². The third-order valence-corrected chi connectivity index (χ3v) is 3.38. The van der Waals surface area contributed by atoms with Crippen molar-refractivity contribution in [2.75, 3.05) is 0 Å². The van der Waals surface area contributed by atoms with Gasteiger partial charge in [0, 0.05) is 0 Å². The van der Waals surface area contributed by atoms with Crippen molar-refractivity contribution in [3.63, 3.8) is 0 Å². The lowest BCUT2D eigenvalue weighted by Crippen LogP contribution is -2.20. The lowest BCUT2D eigenvalue weighted by Gasteiger charge is -2.05. The second-order valence-corrected chi connectivity index (χ2v) is 4.56. The van der Waals surface area contributed by atoms with E-state index in [1.165, 1.54) is 18.2 Å². The van der Waals surface area contributed by atoms with Crippen LogP contribution in [-0.2, 0) is 10.0 Å². The highest BCUT2D eigenvalue weighted by Crippen LogP contribution is 2.28. The Morgan fingerprint density at radius 2 is 1.69 bits per heavy atom. The summed E-state index contributed by atoms with van der Waals surface area (Å²) in [5.41, 5.74) is 0. The molecule has 2 N–H and O–H groups in total. The summed E-state index contributed by atoms with van der Waals surface area (Å²) in [5, 5.41) is 8.25. The first-order valence-corrected chi connectivity index (χ1v) is 5.33. The minimum atomic E-state index is -4.02. The monoisotopic (exact) mass is 241 g/mol. The third-order valence-electron chi connectivity index (χ3n) is 1.31. The van der Waals surface area contributed by atoms with Crippen LogP contribution in [0.2, 0.25) is 10.0 Å². The van der Waals surface area contributed by atoms with E-state index in [9.17, 15) is 8.42 Å². The molecule has 0 spiro atoms. The van der Waals surface area contributed by atoms with Crippen LogP contribution < -0.4 is 4.89 Å². The number of sulfonamides is 1. The smallest absolute Gasteiger partial charge is 0.265 e.